The normalized spacial score (nSPS) is 10.8. The maximum atomic E-state index is 13.3. The molecule has 0 unspecified atom stereocenters. The third-order valence-corrected chi connectivity index (χ3v) is 5.12. The van der Waals surface area contributed by atoms with Gasteiger partial charge in [0.05, 0.1) is 9.73 Å². The number of hydrogen-bond acceptors (Lipinski definition) is 6. The molecule has 4 N–H and O–H groups in total. The summed E-state index contributed by atoms with van der Waals surface area (Å²) in [5.74, 6) is 9.98. The van der Waals surface area contributed by atoms with E-state index in [1.165, 1.54) is 14.1 Å². The molecule has 8 heteroatoms. The molecular formula is C19H20N4O2S2. The Morgan fingerprint density at radius 3 is 1.30 bits per heavy atom. The van der Waals surface area contributed by atoms with Crippen LogP contribution in [0.5, 0.6) is 0 Å². The first kappa shape index (κ1) is 20.8. The minimum absolute atomic E-state index is 0.0431. The Bertz CT molecular complexity index is 794. The Hall–Kier alpha value is -2.52. The molecule has 0 aliphatic carbocycles. The molecule has 2 amide bonds. The number of carbonyl (C=O) groups is 2. The van der Waals surface area contributed by atoms with E-state index < -0.39 is 17.2 Å². The number of benzene rings is 2. The number of amides is 2. The van der Waals surface area contributed by atoms with Gasteiger partial charge in [0.1, 0.15) is 0 Å². The van der Waals surface area contributed by atoms with Gasteiger partial charge in [-0.05, 0) is 11.1 Å². The first-order chi connectivity index (χ1) is 12.7. The van der Waals surface area contributed by atoms with Crippen LogP contribution in [0.25, 0.3) is 0 Å². The van der Waals surface area contributed by atoms with Crippen molar-refractivity contribution in [2.24, 2.45) is 17.1 Å². The van der Waals surface area contributed by atoms with Gasteiger partial charge >= 0.3 is 0 Å². The second-order valence-corrected chi connectivity index (χ2v) is 6.79. The predicted molar refractivity (Wildman–Crippen MR) is 113 cm³/mol. The summed E-state index contributed by atoms with van der Waals surface area (Å²) in [5.41, 5.74) is -1.01. The monoisotopic (exact) mass is 400 g/mol. The highest BCUT2D eigenvalue weighted by Crippen LogP contribution is 2.33. The standard InChI is InChI=1S/C19H20N4O2S2/c1-22(20)17(24)19(18(25)23(2)21,15(26)13-9-5-3-6-10-13)16(27)14-11-7-4-8-12-14/h3-12H,20-21H2,1-2H3. The number of hydrazine groups is 2. The van der Waals surface area contributed by atoms with Crippen LogP contribution in [-0.2, 0) is 9.59 Å². The van der Waals surface area contributed by atoms with Gasteiger partial charge in [0.25, 0.3) is 11.8 Å². The number of rotatable bonds is 6. The van der Waals surface area contributed by atoms with Crippen LogP contribution in [-0.4, -0.2) is 45.7 Å². The third kappa shape index (κ3) is 3.79. The average molecular weight is 401 g/mol. The van der Waals surface area contributed by atoms with Crippen molar-refractivity contribution < 1.29 is 9.59 Å². The second kappa shape index (κ2) is 8.45. The van der Waals surface area contributed by atoms with Crippen molar-refractivity contribution in [3.63, 3.8) is 0 Å². The lowest BCUT2D eigenvalue weighted by molar-refractivity contribution is -0.146. The zero-order valence-corrected chi connectivity index (χ0v) is 16.6. The Morgan fingerprint density at radius 2 is 1.04 bits per heavy atom. The molecule has 0 fully saturated rings. The predicted octanol–water partition coefficient (Wildman–Crippen LogP) is 1.47. The van der Waals surface area contributed by atoms with E-state index in [0.29, 0.717) is 11.1 Å². The maximum Gasteiger partial charge on any atom is 0.262 e. The summed E-state index contributed by atoms with van der Waals surface area (Å²) >= 11 is 11.3. The fourth-order valence-electron chi connectivity index (χ4n) is 2.72. The topological polar surface area (TPSA) is 92.7 Å². The number of hydrogen-bond donors (Lipinski definition) is 2. The Kier molecular flexibility index (Phi) is 6.50. The van der Waals surface area contributed by atoms with Crippen LogP contribution in [0.4, 0.5) is 0 Å². The van der Waals surface area contributed by atoms with Crippen molar-refractivity contribution in [2.75, 3.05) is 14.1 Å². The molecule has 0 saturated heterocycles. The molecule has 0 heterocycles. The van der Waals surface area contributed by atoms with Crippen LogP contribution in [0.1, 0.15) is 11.1 Å². The highest BCUT2D eigenvalue weighted by Gasteiger charge is 2.56. The zero-order valence-electron chi connectivity index (χ0n) is 15.0. The van der Waals surface area contributed by atoms with Gasteiger partial charge in [-0.15, -0.1) is 0 Å². The van der Waals surface area contributed by atoms with E-state index in [-0.39, 0.29) is 9.73 Å². The zero-order chi connectivity index (χ0) is 20.2. The summed E-state index contributed by atoms with van der Waals surface area (Å²) < 4.78 is 0. The lowest BCUT2D eigenvalue weighted by atomic mass is 9.73. The molecule has 6 nitrogen and oxygen atoms in total. The molecule has 2 rings (SSSR count). The second-order valence-electron chi connectivity index (χ2n) is 5.97. The summed E-state index contributed by atoms with van der Waals surface area (Å²) in [7, 11) is 2.67. The van der Waals surface area contributed by atoms with Crippen molar-refractivity contribution in [3.8, 4) is 0 Å². The van der Waals surface area contributed by atoms with Gasteiger partial charge in [0.15, 0.2) is 0 Å². The van der Waals surface area contributed by atoms with Crippen molar-refractivity contribution in [1.82, 2.24) is 10.0 Å². The molecule has 2 aromatic rings. The van der Waals surface area contributed by atoms with Crippen LogP contribution in [0.15, 0.2) is 60.7 Å². The van der Waals surface area contributed by atoms with Crippen molar-refractivity contribution >= 4 is 46.0 Å². The third-order valence-electron chi connectivity index (χ3n) is 4.04. The van der Waals surface area contributed by atoms with Gasteiger partial charge in [0.2, 0.25) is 5.41 Å². The van der Waals surface area contributed by atoms with Gasteiger partial charge in [0, 0.05) is 14.1 Å². The lowest BCUT2D eigenvalue weighted by Gasteiger charge is -2.36. The van der Waals surface area contributed by atoms with E-state index in [0.717, 1.165) is 10.0 Å². The first-order valence-corrected chi connectivity index (χ1v) is 8.81. The Labute approximate surface area is 168 Å². The number of nitrogens with two attached hydrogens (primary N) is 2. The molecule has 0 atom stereocenters. The summed E-state index contributed by atoms with van der Waals surface area (Å²) in [4.78, 5) is 26.6. The van der Waals surface area contributed by atoms with Gasteiger partial charge in [-0.25, -0.2) is 11.7 Å². The molecular weight excluding hydrogens is 380 g/mol. The molecule has 0 radical (unpaired) electrons. The first-order valence-electron chi connectivity index (χ1n) is 8.00. The lowest BCUT2D eigenvalue weighted by Crippen LogP contribution is -2.62. The highest BCUT2D eigenvalue weighted by atomic mass is 32.1. The van der Waals surface area contributed by atoms with Crippen LogP contribution in [0, 0.1) is 5.41 Å². The molecule has 27 heavy (non-hydrogen) atoms. The largest absolute Gasteiger partial charge is 0.282 e. The molecule has 0 aromatic heterocycles. The van der Waals surface area contributed by atoms with Crippen LogP contribution < -0.4 is 11.7 Å². The van der Waals surface area contributed by atoms with Gasteiger partial charge in [-0.3, -0.25) is 19.6 Å². The van der Waals surface area contributed by atoms with Crippen molar-refractivity contribution in [3.05, 3.63) is 71.8 Å². The van der Waals surface area contributed by atoms with Gasteiger partial charge in [-0.1, -0.05) is 85.1 Å². The summed E-state index contributed by atoms with van der Waals surface area (Å²) in [6.45, 7) is 0. The summed E-state index contributed by atoms with van der Waals surface area (Å²) in [6.07, 6.45) is 0. The van der Waals surface area contributed by atoms with Crippen LogP contribution in [0.3, 0.4) is 0 Å². The van der Waals surface area contributed by atoms with Crippen LogP contribution in [0.2, 0.25) is 0 Å². The van der Waals surface area contributed by atoms with Crippen LogP contribution >= 0.6 is 24.4 Å². The number of thiocarbonyl (C=S) groups is 2. The summed E-state index contributed by atoms with van der Waals surface area (Å²) in [6, 6.07) is 17.5. The van der Waals surface area contributed by atoms with Gasteiger partial charge in [-0.2, -0.15) is 0 Å². The van der Waals surface area contributed by atoms with Crippen molar-refractivity contribution in [1.29, 1.82) is 0 Å². The summed E-state index contributed by atoms with van der Waals surface area (Å²) in [5, 5.41) is 1.62. The quantitative estimate of drug-likeness (QED) is 0.191. The Balaban J connectivity index is 2.82. The average Bonchev–Trinajstić information content (AvgIpc) is 2.69. The van der Waals surface area contributed by atoms with E-state index >= 15 is 0 Å². The Morgan fingerprint density at radius 1 is 0.741 bits per heavy atom. The molecule has 0 spiro atoms. The SMILES string of the molecule is CN(N)C(=O)C(C(=O)N(C)N)(C(=S)c1ccccc1)C(=S)c1ccccc1. The smallest absolute Gasteiger partial charge is 0.262 e. The maximum absolute atomic E-state index is 13.3. The molecule has 0 bridgehead atoms. The number of carbonyl (C=O) groups excluding carboxylic acids is 2. The molecule has 140 valence electrons. The van der Waals surface area contributed by atoms with E-state index in [1.807, 2.05) is 0 Å². The van der Waals surface area contributed by atoms with E-state index in [4.69, 9.17) is 36.1 Å². The fourth-order valence-corrected chi connectivity index (χ4v) is 3.61. The molecule has 2 aromatic carbocycles. The molecule has 0 aliphatic rings. The van der Waals surface area contributed by atoms with Gasteiger partial charge < -0.3 is 0 Å². The van der Waals surface area contributed by atoms with E-state index in [2.05, 4.69) is 0 Å². The minimum Gasteiger partial charge on any atom is -0.282 e. The van der Waals surface area contributed by atoms with E-state index in [9.17, 15) is 9.59 Å². The highest BCUT2D eigenvalue weighted by molar-refractivity contribution is 7.83. The molecule has 0 aliphatic heterocycles. The van der Waals surface area contributed by atoms with Crippen molar-refractivity contribution in [2.45, 2.75) is 0 Å². The van der Waals surface area contributed by atoms with E-state index in [1.54, 1.807) is 60.7 Å². The fraction of sp³-hybridized carbons (Fsp3) is 0.158. The molecule has 0 saturated carbocycles. The number of nitrogens with zero attached hydrogens (tertiary/aromatic N) is 2. The minimum atomic E-state index is -2.03.